The van der Waals surface area contributed by atoms with Crippen LogP contribution in [0.1, 0.15) is 5.56 Å². The van der Waals surface area contributed by atoms with Crippen LogP contribution in [-0.2, 0) is 4.79 Å². The van der Waals surface area contributed by atoms with E-state index in [1.165, 1.54) is 0 Å². The van der Waals surface area contributed by atoms with Gasteiger partial charge in [-0.1, -0.05) is 0 Å². The highest BCUT2D eigenvalue weighted by Gasteiger charge is 2.18. The molecule has 0 aliphatic carbocycles. The van der Waals surface area contributed by atoms with E-state index in [4.69, 9.17) is 9.47 Å². The number of nitrogens with one attached hydrogen (secondary N) is 2. The van der Waals surface area contributed by atoms with Gasteiger partial charge in [-0.05, 0) is 12.1 Å². The zero-order valence-corrected chi connectivity index (χ0v) is 15.2. The molecule has 8 nitrogen and oxygen atoms in total. The number of hydrogen-bond acceptors (Lipinski definition) is 8. The van der Waals surface area contributed by atoms with E-state index >= 15 is 0 Å². The number of aromatic hydroxyl groups is 1. The van der Waals surface area contributed by atoms with E-state index in [1.54, 1.807) is 18.2 Å². The normalized spacial score (nSPS) is 12.1. The van der Waals surface area contributed by atoms with Crippen molar-refractivity contribution in [3.8, 4) is 23.3 Å². The van der Waals surface area contributed by atoms with Gasteiger partial charge in [0.25, 0.3) is 5.56 Å². The highest BCUT2D eigenvalue weighted by molar-refractivity contribution is 8.02. The number of hydrogen-bond donors (Lipinski definition) is 3. The second kappa shape index (κ2) is 6.86. The lowest BCUT2D eigenvalue weighted by Gasteiger charge is -2.05. The Bertz CT molecular complexity index is 1160. The average Bonchev–Trinajstić information content (AvgIpc) is 3.23. The van der Waals surface area contributed by atoms with Crippen LogP contribution in [0.3, 0.4) is 0 Å². The Kier molecular flexibility index (Phi) is 4.39. The third-order valence-corrected chi connectivity index (χ3v) is 6.21. The topological polar surface area (TPSA) is 124 Å². The molecule has 0 atom stereocenters. The summed E-state index contributed by atoms with van der Waals surface area (Å²) in [4.78, 5) is 26.3. The minimum Gasteiger partial charge on any atom is -0.506 e. The molecule has 1 aromatic carbocycles. The number of carbonyl (C=O) groups excluding carboxylic acids is 1. The Morgan fingerprint density at radius 2 is 2.19 bits per heavy atom. The summed E-state index contributed by atoms with van der Waals surface area (Å²) >= 11 is 2.31. The van der Waals surface area contributed by atoms with Crippen molar-refractivity contribution in [1.82, 2.24) is 4.98 Å². The van der Waals surface area contributed by atoms with Crippen molar-refractivity contribution in [1.29, 1.82) is 5.26 Å². The average molecular weight is 401 g/mol. The molecule has 0 radical (unpaired) electrons. The molecule has 1 aliphatic rings. The van der Waals surface area contributed by atoms with Crippen LogP contribution in [-0.4, -0.2) is 28.5 Å². The lowest BCUT2D eigenvalue weighted by molar-refractivity contribution is -0.113. The predicted molar refractivity (Wildman–Crippen MR) is 101 cm³/mol. The zero-order valence-electron chi connectivity index (χ0n) is 13.6. The number of carbonyl (C=O) groups is 1. The summed E-state index contributed by atoms with van der Waals surface area (Å²) in [5.74, 6) is 0.794. The van der Waals surface area contributed by atoms with Crippen LogP contribution in [0.2, 0.25) is 0 Å². The van der Waals surface area contributed by atoms with Gasteiger partial charge in [-0.3, -0.25) is 9.59 Å². The summed E-state index contributed by atoms with van der Waals surface area (Å²) in [5.41, 5.74) is 0.602. The van der Waals surface area contributed by atoms with Crippen LogP contribution < -0.4 is 20.3 Å². The SMILES string of the molecule is N#Cc1c(SCC(=O)Nc2ccc3c(c2)OCO3)sc2c(O)cc(=O)[nH]c12. The second-order valence-corrected chi connectivity index (χ2v) is 7.77. The quantitative estimate of drug-likeness (QED) is 0.574. The molecule has 27 heavy (non-hydrogen) atoms. The van der Waals surface area contributed by atoms with Crippen molar-refractivity contribution in [2.75, 3.05) is 17.9 Å². The monoisotopic (exact) mass is 401 g/mol. The number of rotatable bonds is 4. The molecule has 0 saturated carbocycles. The van der Waals surface area contributed by atoms with Crippen LogP contribution in [0.4, 0.5) is 5.69 Å². The number of anilines is 1. The van der Waals surface area contributed by atoms with Crippen molar-refractivity contribution in [2.24, 2.45) is 0 Å². The number of thioether (sulfide) groups is 1. The molecule has 0 bridgehead atoms. The van der Waals surface area contributed by atoms with Gasteiger partial charge >= 0.3 is 0 Å². The molecule has 0 unspecified atom stereocenters. The summed E-state index contributed by atoms with van der Waals surface area (Å²) < 4.78 is 11.4. The molecule has 1 amide bonds. The van der Waals surface area contributed by atoms with Gasteiger partial charge < -0.3 is 24.9 Å². The largest absolute Gasteiger partial charge is 0.506 e. The standard InChI is InChI=1S/C17H11N3O5S2/c18-5-9-15-16(10(21)4-13(22)20-15)27-17(9)26-6-14(23)19-8-1-2-11-12(3-8)25-7-24-11/h1-4H,6-7H2,(H,19,23)(H2,20,21,22). The van der Waals surface area contributed by atoms with Gasteiger partial charge in [0.05, 0.1) is 20.2 Å². The number of aromatic amines is 1. The summed E-state index contributed by atoms with van der Waals surface area (Å²) in [6.45, 7) is 0.153. The molecular weight excluding hydrogens is 390 g/mol. The number of amides is 1. The Hall–Kier alpha value is -3.16. The van der Waals surface area contributed by atoms with E-state index in [0.717, 1.165) is 29.2 Å². The molecule has 1 aliphatic heterocycles. The molecule has 0 fully saturated rings. The number of nitriles is 1. The lowest BCUT2D eigenvalue weighted by Crippen LogP contribution is -2.13. The van der Waals surface area contributed by atoms with Gasteiger partial charge in [-0.2, -0.15) is 5.26 Å². The van der Waals surface area contributed by atoms with E-state index in [2.05, 4.69) is 10.3 Å². The number of benzene rings is 1. The number of pyridine rings is 1. The number of nitrogens with zero attached hydrogens (tertiary/aromatic N) is 1. The van der Waals surface area contributed by atoms with Crippen molar-refractivity contribution in [3.05, 3.63) is 40.2 Å². The maximum Gasteiger partial charge on any atom is 0.252 e. The molecule has 0 spiro atoms. The van der Waals surface area contributed by atoms with Gasteiger partial charge in [0.15, 0.2) is 11.5 Å². The van der Waals surface area contributed by atoms with Crippen molar-refractivity contribution < 1.29 is 19.4 Å². The Morgan fingerprint density at radius 1 is 1.37 bits per heavy atom. The van der Waals surface area contributed by atoms with E-state index in [-0.39, 0.29) is 35.3 Å². The van der Waals surface area contributed by atoms with Gasteiger partial charge in [-0.15, -0.1) is 23.1 Å². The number of H-pyrrole nitrogens is 1. The molecular formula is C17H11N3O5S2. The van der Waals surface area contributed by atoms with Gasteiger partial charge in [0, 0.05) is 17.8 Å². The molecule has 4 rings (SSSR count). The Morgan fingerprint density at radius 3 is 3.00 bits per heavy atom. The summed E-state index contributed by atoms with van der Waals surface area (Å²) in [7, 11) is 0. The Labute approximate surface area is 160 Å². The zero-order chi connectivity index (χ0) is 19.0. The first kappa shape index (κ1) is 17.3. The van der Waals surface area contributed by atoms with Crippen LogP contribution in [0, 0.1) is 11.3 Å². The van der Waals surface area contributed by atoms with Crippen LogP contribution in [0.5, 0.6) is 17.2 Å². The minimum absolute atomic E-state index is 0.0565. The van der Waals surface area contributed by atoms with Gasteiger partial charge in [-0.25, -0.2) is 0 Å². The smallest absolute Gasteiger partial charge is 0.252 e. The first-order valence-corrected chi connectivity index (χ1v) is 9.46. The maximum atomic E-state index is 12.2. The minimum atomic E-state index is -0.494. The second-order valence-electron chi connectivity index (χ2n) is 5.50. The van der Waals surface area contributed by atoms with Crippen molar-refractivity contribution in [2.45, 2.75) is 4.21 Å². The number of fused-ring (bicyclic) bond motifs is 2. The first-order chi connectivity index (χ1) is 13.0. The van der Waals surface area contributed by atoms with Crippen LogP contribution >= 0.6 is 23.1 Å². The summed E-state index contributed by atoms with van der Waals surface area (Å²) in [6, 6.07) is 8.17. The third kappa shape index (κ3) is 3.30. The maximum absolute atomic E-state index is 12.2. The Balaban J connectivity index is 1.50. The molecule has 3 heterocycles. The molecule has 3 aromatic rings. The molecule has 10 heteroatoms. The molecule has 136 valence electrons. The number of thiophene rings is 1. The molecule has 0 saturated heterocycles. The van der Waals surface area contributed by atoms with Crippen LogP contribution in [0.15, 0.2) is 33.3 Å². The third-order valence-electron chi connectivity index (χ3n) is 3.73. The fraction of sp³-hybridized carbons (Fsp3) is 0.118. The van der Waals surface area contributed by atoms with E-state index in [1.807, 2.05) is 6.07 Å². The fourth-order valence-corrected chi connectivity index (χ4v) is 4.71. The number of ether oxygens (including phenoxy) is 2. The van der Waals surface area contributed by atoms with Gasteiger partial charge in [0.1, 0.15) is 17.4 Å². The van der Waals surface area contributed by atoms with Crippen molar-refractivity contribution >= 4 is 44.9 Å². The highest BCUT2D eigenvalue weighted by atomic mass is 32.2. The fourth-order valence-electron chi connectivity index (χ4n) is 2.56. The van der Waals surface area contributed by atoms with E-state index in [9.17, 15) is 20.0 Å². The molecule has 2 aromatic heterocycles. The van der Waals surface area contributed by atoms with E-state index < -0.39 is 5.56 Å². The predicted octanol–water partition coefficient (Wildman–Crippen LogP) is 2.63. The highest BCUT2D eigenvalue weighted by Crippen LogP contribution is 2.40. The first-order valence-electron chi connectivity index (χ1n) is 7.66. The van der Waals surface area contributed by atoms with Crippen molar-refractivity contribution in [3.63, 3.8) is 0 Å². The summed E-state index contributed by atoms with van der Waals surface area (Å²) in [5, 5.41) is 22.0. The summed E-state index contributed by atoms with van der Waals surface area (Å²) in [6.07, 6.45) is 0. The molecule has 3 N–H and O–H groups in total. The van der Waals surface area contributed by atoms with E-state index in [0.29, 0.717) is 26.1 Å². The van der Waals surface area contributed by atoms with Crippen LogP contribution in [0.25, 0.3) is 10.2 Å². The lowest BCUT2D eigenvalue weighted by atomic mass is 10.3. The number of aromatic nitrogens is 1. The van der Waals surface area contributed by atoms with Gasteiger partial charge in [0.2, 0.25) is 12.7 Å².